The Morgan fingerprint density at radius 3 is 2.39 bits per heavy atom. The number of rotatable bonds is 5. The third kappa shape index (κ3) is 4.80. The van der Waals surface area contributed by atoms with Gasteiger partial charge in [-0.15, -0.1) is 10.2 Å². The molecule has 116 valence electrons. The fraction of sp³-hybridized carbons (Fsp3) is 0.0625. The van der Waals surface area contributed by atoms with Crippen LogP contribution in [0.15, 0.2) is 65.0 Å². The molecule has 3 rings (SSSR count). The summed E-state index contributed by atoms with van der Waals surface area (Å²) in [6.07, 6.45) is 0. The Kier molecular flexibility index (Phi) is 5.23. The second-order valence-electron chi connectivity index (χ2n) is 4.59. The van der Waals surface area contributed by atoms with Crippen molar-refractivity contribution in [3.8, 4) is 0 Å². The highest BCUT2D eigenvalue weighted by Gasteiger charge is 2.08. The third-order valence-corrected chi connectivity index (χ3v) is 4.91. The van der Waals surface area contributed by atoms with Gasteiger partial charge in [-0.2, -0.15) is 0 Å². The van der Waals surface area contributed by atoms with E-state index in [0.717, 1.165) is 15.8 Å². The molecule has 2 aromatic carbocycles. The SMILES string of the molecule is O=C(Nc1ccccc1)Nc1nnc(SCc2ccccc2)s1. The molecule has 0 atom stereocenters. The lowest BCUT2D eigenvalue weighted by molar-refractivity contribution is 0.262. The maximum atomic E-state index is 11.9. The number of thioether (sulfide) groups is 1. The van der Waals surface area contributed by atoms with E-state index in [0.29, 0.717) is 5.13 Å². The van der Waals surface area contributed by atoms with Gasteiger partial charge in [-0.05, 0) is 17.7 Å². The van der Waals surface area contributed by atoms with Gasteiger partial charge in [-0.1, -0.05) is 71.6 Å². The van der Waals surface area contributed by atoms with Crippen LogP contribution in [-0.2, 0) is 5.75 Å². The van der Waals surface area contributed by atoms with Crippen LogP contribution in [0.5, 0.6) is 0 Å². The molecular weight excluding hydrogens is 328 g/mol. The maximum Gasteiger partial charge on any atom is 0.325 e. The second kappa shape index (κ2) is 7.75. The molecule has 0 radical (unpaired) electrons. The van der Waals surface area contributed by atoms with Gasteiger partial charge in [0.1, 0.15) is 0 Å². The van der Waals surface area contributed by atoms with E-state index in [9.17, 15) is 4.79 Å². The normalized spacial score (nSPS) is 10.3. The standard InChI is InChI=1S/C16H14N4OS2/c21-14(17-13-9-5-2-6-10-13)18-15-19-20-16(23-15)22-11-12-7-3-1-4-8-12/h1-10H,11H2,(H2,17,18,19,21). The molecule has 0 unspecified atom stereocenters. The van der Waals surface area contributed by atoms with Gasteiger partial charge in [0.2, 0.25) is 5.13 Å². The van der Waals surface area contributed by atoms with Crippen molar-refractivity contribution in [2.75, 3.05) is 10.6 Å². The topological polar surface area (TPSA) is 66.9 Å². The molecule has 2 amide bonds. The summed E-state index contributed by atoms with van der Waals surface area (Å²) in [6.45, 7) is 0. The van der Waals surface area contributed by atoms with E-state index in [1.165, 1.54) is 16.9 Å². The highest BCUT2D eigenvalue weighted by molar-refractivity contribution is 8.00. The highest BCUT2D eigenvalue weighted by Crippen LogP contribution is 2.28. The van der Waals surface area contributed by atoms with Gasteiger partial charge < -0.3 is 5.32 Å². The van der Waals surface area contributed by atoms with Crippen molar-refractivity contribution in [1.29, 1.82) is 0 Å². The van der Waals surface area contributed by atoms with Gasteiger partial charge >= 0.3 is 6.03 Å². The van der Waals surface area contributed by atoms with Crippen molar-refractivity contribution >= 4 is 39.9 Å². The highest BCUT2D eigenvalue weighted by atomic mass is 32.2. The predicted molar refractivity (Wildman–Crippen MR) is 95.0 cm³/mol. The lowest BCUT2D eigenvalue weighted by Gasteiger charge is -2.03. The van der Waals surface area contributed by atoms with E-state index >= 15 is 0 Å². The number of carbonyl (C=O) groups is 1. The van der Waals surface area contributed by atoms with E-state index in [1.54, 1.807) is 11.8 Å². The fourth-order valence-corrected chi connectivity index (χ4v) is 3.52. The Balaban J connectivity index is 1.52. The van der Waals surface area contributed by atoms with Crippen molar-refractivity contribution in [3.63, 3.8) is 0 Å². The first-order chi connectivity index (χ1) is 11.3. The first kappa shape index (κ1) is 15.5. The summed E-state index contributed by atoms with van der Waals surface area (Å²) in [5.74, 6) is 0.825. The van der Waals surface area contributed by atoms with Crippen molar-refractivity contribution in [3.05, 3.63) is 66.2 Å². The number of amides is 2. The Morgan fingerprint density at radius 2 is 1.65 bits per heavy atom. The third-order valence-electron chi connectivity index (χ3n) is 2.86. The Labute approximate surface area is 142 Å². The largest absolute Gasteiger partial charge is 0.325 e. The second-order valence-corrected chi connectivity index (χ2v) is 6.79. The molecule has 23 heavy (non-hydrogen) atoms. The van der Waals surface area contributed by atoms with Crippen LogP contribution in [-0.4, -0.2) is 16.2 Å². The molecule has 0 aliphatic rings. The molecule has 7 heteroatoms. The Hall–Kier alpha value is -2.38. The molecule has 0 fully saturated rings. The molecular formula is C16H14N4OS2. The van der Waals surface area contributed by atoms with E-state index in [1.807, 2.05) is 48.5 Å². The summed E-state index contributed by atoms with van der Waals surface area (Å²) in [5.41, 5.74) is 1.96. The first-order valence-corrected chi connectivity index (χ1v) is 8.73. The quantitative estimate of drug-likeness (QED) is 0.530. The van der Waals surface area contributed by atoms with E-state index in [2.05, 4.69) is 33.0 Å². The van der Waals surface area contributed by atoms with Gasteiger partial charge in [0.05, 0.1) is 0 Å². The number of nitrogens with one attached hydrogen (secondary N) is 2. The zero-order valence-corrected chi connectivity index (χ0v) is 13.7. The lowest BCUT2D eigenvalue weighted by atomic mass is 10.2. The zero-order valence-electron chi connectivity index (χ0n) is 12.1. The van der Waals surface area contributed by atoms with Gasteiger partial charge in [-0.3, -0.25) is 5.32 Å². The number of hydrogen-bond acceptors (Lipinski definition) is 5. The maximum absolute atomic E-state index is 11.9. The molecule has 1 aromatic heterocycles. The summed E-state index contributed by atoms with van der Waals surface area (Å²) < 4.78 is 0.823. The van der Waals surface area contributed by atoms with Crippen LogP contribution in [0.2, 0.25) is 0 Å². The molecule has 3 aromatic rings. The van der Waals surface area contributed by atoms with E-state index in [4.69, 9.17) is 0 Å². The molecule has 0 aliphatic heterocycles. The van der Waals surface area contributed by atoms with Crippen LogP contribution < -0.4 is 10.6 Å². The number of hydrogen-bond donors (Lipinski definition) is 2. The number of aromatic nitrogens is 2. The van der Waals surface area contributed by atoms with Crippen LogP contribution in [0.4, 0.5) is 15.6 Å². The van der Waals surface area contributed by atoms with Crippen LogP contribution >= 0.6 is 23.1 Å². The van der Waals surface area contributed by atoms with Crippen molar-refractivity contribution in [1.82, 2.24) is 10.2 Å². The molecule has 0 aliphatic carbocycles. The fourth-order valence-electron chi connectivity index (χ4n) is 1.82. The molecule has 1 heterocycles. The Morgan fingerprint density at radius 1 is 0.957 bits per heavy atom. The van der Waals surface area contributed by atoms with Crippen LogP contribution in [0.3, 0.4) is 0 Å². The average molecular weight is 342 g/mol. The van der Waals surface area contributed by atoms with Crippen molar-refractivity contribution < 1.29 is 4.79 Å². The van der Waals surface area contributed by atoms with Gasteiger partial charge in [0, 0.05) is 11.4 Å². The number of anilines is 2. The summed E-state index contributed by atoms with van der Waals surface area (Å²) in [4.78, 5) is 11.9. The molecule has 5 nitrogen and oxygen atoms in total. The minimum Gasteiger partial charge on any atom is -0.308 e. The molecule has 0 spiro atoms. The number of carbonyl (C=O) groups excluding carboxylic acids is 1. The summed E-state index contributed by atoms with van der Waals surface area (Å²) in [6, 6.07) is 19.1. The zero-order chi connectivity index (χ0) is 15.9. The number of urea groups is 1. The predicted octanol–water partition coefficient (Wildman–Crippen LogP) is 4.47. The molecule has 0 saturated heterocycles. The Bertz CT molecular complexity index is 762. The number of nitrogens with zero attached hydrogens (tertiary/aromatic N) is 2. The number of benzene rings is 2. The summed E-state index contributed by atoms with van der Waals surface area (Å²) in [7, 11) is 0. The average Bonchev–Trinajstić information content (AvgIpc) is 3.02. The van der Waals surface area contributed by atoms with Gasteiger partial charge in [0.25, 0.3) is 0 Å². The van der Waals surface area contributed by atoms with Gasteiger partial charge in [-0.25, -0.2) is 4.79 Å². The lowest BCUT2D eigenvalue weighted by Crippen LogP contribution is -2.19. The summed E-state index contributed by atoms with van der Waals surface area (Å²) >= 11 is 2.96. The van der Waals surface area contributed by atoms with E-state index in [-0.39, 0.29) is 6.03 Å². The van der Waals surface area contributed by atoms with Gasteiger partial charge in [0.15, 0.2) is 4.34 Å². The minimum absolute atomic E-state index is 0.327. The monoisotopic (exact) mass is 342 g/mol. The van der Waals surface area contributed by atoms with E-state index < -0.39 is 0 Å². The minimum atomic E-state index is -0.327. The van der Waals surface area contributed by atoms with Crippen LogP contribution in [0.25, 0.3) is 0 Å². The first-order valence-electron chi connectivity index (χ1n) is 6.93. The molecule has 0 saturated carbocycles. The summed E-state index contributed by atoms with van der Waals surface area (Å²) in [5, 5.41) is 14.0. The molecule has 0 bridgehead atoms. The molecule has 2 N–H and O–H groups in total. The van der Waals surface area contributed by atoms with Crippen molar-refractivity contribution in [2.45, 2.75) is 10.1 Å². The smallest absolute Gasteiger partial charge is 0.308 e. The van der Waals surface area contributed by atoms with Crippen molar-refractivity contribution in [2.24, 2.45) is 0 Å². The van der Waals surface area contributed by atoms with Crippen LogP contribution in [0, 0.1) is 0 Å². The number of para-hydroxylation sites is 1. The van der Waals surface area contributed by atoms with Crippen LogP contribution in [0.1, 0.15) is 5.56 Å².